The van der Waals surface area contributed by atoms with Gasteiger partial charge in [-0.15, -0.1) is 24.0 Å². The highest BCUT2D eigenvalue weighted by molar-refractivity contribution is 14.0. The van der Waals surface area contributed by atoms with E-state index in [4.69, 9.17) is 0 Å². The Bertz CT molecular complexity index is 705. The van der Waals surface area contributed by atoms with Crippen molar-refractivity contribution in [1.29, 1.82) is 0 Å². The third-order valence-electron chi connectivity index (χ3n) is 3.81. The molecule has 0 aliphatic heterocycles. The fourth-order valence-corrected chi connectivity index (χ4v) is 3.08. The van der Waals surface area contributed by atoms with Gasteiger partial charge in [-0.3, -0.25) is 9.79 Å². The maximum absolute atomic E-state index is 12.0. The number of carbonyl (C=O) groups is 1. The third kappa shape index (κ3) is 8.17. The minimum atomic E-state index is -0.167. The van der Waals surface area contributed by atoms with Crippen molar-refractivity contribution in [3.63, 3.8) is 0 Å². The molecule has 8 heteroatoms. The molecular formula is C19H27IN4O2S. The van der Waals surface area contributed by atoms with E-state index in [2.05, 4.69) is 44.7 Å². The highest BCUT2D eigenvalue weighted by atomic mass is 127. The Kier molecular flexibility index (Phi) is 10.8. The number of aromatic hydroxyl groups is 1. The summed E-state index contributed by atoms with van der Waals surface area (Å²) >= 11 is 1.70. The molecule has 0 aliphatic carbocycles. The van der Waals surface area contributed by atoms with Crippen molar-refractivity contribution >= 4 is 47.2 Å². The summed E-state index contributed by atoms with van der Waals surface area (Å²) in [5.74, 6) is 1.09. The summed E-state index contributed by atoms with van der Waals surface area (Å²) < 4.78 is 0. The smallest absolute Gasteiger partial charge is 0.251 e. The van der Waals surface area contributed by atoms with E-state index in [0.717, 1.165) is 12.5 Å². The molecule has 0 bridgehead atoms. The van der Waals surface area contributed by atoms with Gasteiger partial charge in [0.1, 0.15) is 5.75 Å². The highest BCUT2D eigenvalue weighted by Crippen LogP contribution is 2.18. The van der Waals surface area contributed by atoms with Gasteiger partial charge in [0.2, 0.25) is 0 Å². The highest BCUT2D eigenvalue weighted by Gasteiger charge is 2.07. The van der Waals surface area contributed by atoms with Crippen LogP contribution in [0.4, 0.5) is 0 Å². The van der Waals surface area contributed by atoms with Crippen LogP contribution in [0.1, 0.15) is 35.7 Å². The number of aliphatic imine (C=N–C) groups is 1. The molecule has 1 aromatic heterocycles. The van der Waals surface area contributed by atoms with E-state index in [-0.39, 0.29) is 35.6 Å². The Labute approximate surface area is 181 Å². The maximum Gasteiger partial charge on any atom is 0.251 e. The van der Waals surface area contributed by atoms with Crippen LogP contribution in [0.2, 0.25) is 0 Å². The minimum Gasteiger partial charge on any atom is -0.508 e. The van der Waals surface area contributed by atoms with Crippen molar-refractivity contribution in [3.8, 4) is 5.75 Å². The lowest BCUT2D eigenvalue weighted by atomic mass is 10.1. The van der Waals surface area contributed by atoms with Crippen LogP contribution in [0.3, 0.4) is 0 Å². The summed E-state index contributed by atoms with van der Waals surface area (Å²) in [5, 5.41) is 22.8. The number of benzene rings is 1. The van der Waals surface area contributed by atoms with Crippen LogP contribution < -0.4 is 16.0 Å². The number of phenols is 1. The maximum atomic E-state index is 12.0. The molecule has 1 amide bonds. The Balaban J connectivity index is 0.00000364. The zero-order valence-electron chi connectivity index (χ0n) is 15.6. The summed E-state index contributed by atoms with van der Waals surface area (Å²) in [7, 11) is 0. The van der Waals surface area contributed by atoms with Crippen LogP contribution in [0.15, 0.2) is 46.1 Å². The second kappa shape index (κ2) is 12.6. The molecule has 0 saturated heterocycles. The number of rotatable bonds is 8. The van der Waals surface area contributed by atoms with E-state index in [0.29, 0.717) is 31.1 Å². The van der Waals surface area contributed by atoms with E-state index >= 15 is 0 Å². The Morgan fingerprint density at radius 1 is 1.15 bits per heavy atom. The first kappa shape index (κ1) is 23.2. The van der Waals surface area contributed by atoms with Gasteiger partial charge in [-0.25, -0.2) is 0 Å². The first-order valence-corrected chi connectivity index (χ1v) is 9.66. The van der Waals surface area contributed by atoms with E-state index in [1.165, 1.54) is 17.7 Å². The summed E-state index contributed by atoms with van der Waals surface area (Å²) in [6.45, 7) is 6.70. The van der Waals surface area contributed by atoms with Gasteiger partial charge in [0.25, 0.3) is 5.91 Å². The summed E-state index contributed by atoms with van der Waals surface area (Å²) in [4.78, 5) is 16.6. The zero-order valence-corrected chi connectivity index (χ0v) is 18.7. The monoisotopic (exact) mass is 502 g/mol. The molecule has 1 aromatic carbocycles. The average molecular weight is 502 g/mol. The van der Waals surface area contributed by atoms with Crippen LogP contribution in [0.5, 0.6) is 5.75 Å². The fraction of sp³-hybridized carbons (Fsp3) is 0.368. The minimum absolute atomic E-state index is 0. The van der Waals surface area contributed by atoms with Gasteiger partial charge >= 0.3 is 0 Å². The number of carbonyl (C=O) groups excluding carboxylic acids is 1. The van der Waals surface area contributed by atoms with Gasteiger partial charge in [-0.1, -0.05) is 6.92 Å². The Morgan fingerprint density at radius 2 is 1.85 bits per heavy atom. The lowest BCUT2D eigenvalue weighted by Gasteiger charge is -2.13. The zero-order chi connectivity index (χ0) is 18.8. The summed E-state index contributed by atoms with van der Waals surface area (Å²) in [5.41, 5.74) is 1.82. The summed E-state index contributed by atoms with van der Waals surface area (Å²) in [6.07, 6.45) is 0. The lowest BCUT2D eigenvalue weighted by molar-refractivity contribution is 0.0954. The molecule has 0 radical (unpaired) electrons. The lowest BCUT2D eigenvalue weighted by Crippen LogP contribution is -2.41. The number of halogens is 1. The van der Waals surface area contributed by atoms with Gasteiger partial charge in [0.15, 0.2) is 5.96 Å². The number of hydrogen-bond acceptors (Lipinski definition) is 4. The van der Waals surface area contributed by atoms with Crippen molar-refractivity contribution in [2.75, 3.05) is 26.2 Å². The number of hydrogen-bond donors (Lipinski definition) is 4. The van der Waals surface area contributed by atoms with Crippen molar-refractivity contribution in [3.05, 3.63) is 52.2 Å². The van der Waals surface area contributed by atoms with Crippen molar-refractivity contribution in [2.24, 2.45) is 4.99 Å². The standard InChI is InChI=1S/C19H26N4O2S.HI/c1-3-20-19(23-12-14(2)16-8-11-26-13-16)22-10-9-21-18(25)15-4-6-17(24)7-5-15;/h4-8,11,13-14,24H,3,9-10,12H2,1-2H3,(H,21,25)(H2,20,22,23);1H. The molecule has 27 heavy (non-hydrogen) atoms. The van der Waals surface area contributed by atoms with Crippen LogP contribution in [-0.4, -0.2) is 43.2 Å². The van der Waals surface area contributed by atoms with Gasteiger partial charge in [-0.05, 0) is 53.6 Å². The number of nitrogens with zero attached hydrogens (tertiary/aromatic N) is 1. The van der Waals surface area contributed by atoms with E-state index in [1.54, 1.807) is 23.5 Å². The predicted octanol–water partition coefficient (Wildman–Crippen LogP) is 3.16. The van der Waals surface area contributed by atoms with Gasteiger partial charge < -0.3 is 21.1 Å². The van der Waals surface area contributed by atoms with Gasteiger partial charge in [-0.2, -0.15) is 11.3 Å². The topological polar surface area (TPSA) is 85.8 Å². The molecule has 1 atom stereocenters. The second-order valence-corrected chi connectivity index (χ2v) is 6.69. The number of amides is 1. The average Bonchev–Trinajstić information content (AvgIpc) is 3.18. The molecule has 2 rings (SSSR count). The van der Waals surface area contributed by atoms with Crippen LogP contribution in [-0.2, 0) is 0 Å². The molecule has 1 unspecified atom stereocenters. The normalized spacial score (nSPS) is 12.0. The van der Waals surface area contributed by atoms with Crippen molar-refractivity contribution < 1.29 is 9.90 Å². The van der Waals surface area contributed by atoms with Crippen LogP contribution in [0, 0.1) is 0 Å². The molecule has 6 nitrogen and oxygen atoms in total. The number of nitrogens with one attached hydrogen (secondary N) is 3. The molecular weight excluding hydrogens is 475 g/mol. The molecule has 0 saturated carbocycles. The molecule has 4 N–H and O–H groups in total. The molecule has 1 heterocycles. The quantitative estimate of drug-likeness (QED) is 0.193. The van der Waals surface area contributed by atoms with E-state index in [9.17, 15) is 9.90 Å². The van der Waals surface area contributed by atoms with E-state index < -0.39 is 0 Å². The molecule has 0 fully saturated rings. The molecule has 148 valence electrons. The predicted molar refractivity (Wildman–Crippen MR) is 123 cm³/mol. The first-order chi connectivity index (χ1) is 12.6. The number of phenolic OH excluding ortho intramolecular Hbond substituents is 1. The van der Waals surface area contributed by atoms with E-state index in [1.807, 2.05) is 6.92 Å². The molecule has 0 aliphatic rings. The SMILES string of the molecule is CCNC(=NCC(C)c1ccsc1)NCCNC(=O)c1ccc(O)cc1.I. The Hall–Kier alpha value is -1.81. The molecule has 0 spiro atoms. The Morgan fingerprint density at radius 3 is 2.48 bits per heavy atom. The van der Waals surface area contributed by atoms with Gasteiger partial charge in [0.05, 0.1) is 0 Å². The van der Waals surface area contributed by atoms with Gasteiger partial charge in [0, 0.05) is 37.7 Å². The van der Waals surface area contributed by atoms with Crippen molar-refractivity contribution in [2.45, 2.75) is 19.8 Å². The number of thiophene rings is 1. The van der Waals surface area contributed by atoms with Crippen molar-refractivity contribution in [1.82, 2.24) is 16.0 Å². The largest absolute Gasteiger partial charge is 0.508 e. The number of guanidine groups is 1. The molecule has 2 aromatic rings. The van der Waals surface area contributed by atoms with Crippen LogP contribution in [0.25, 0.3) is 0 Å². The third-order valence-corrected chi connectivity index (χ3v) is 4.51. The summed E-state index contributed by atoms with van der Waals surface area (Å²) in [6, 6.07) is 8.31. The fourth-order valence-electron chi connectivity index (χ4n) is 2.30. The second-order valence-electron chi connectivity index (χ2n) is 5.91. The van der Waals surface area contributed by atoms with Crippen LogP contribution >= 0.6 is 35.3 Å². The first-order valence-electron chi connectivity index (χ1n) is 8.71.